The molecule has 0 amide bonds. The first-order valence-corrected chi connectivity index (χ1v) is 4.96. The summed E-state index contributed by atoms with van der Waals surface area (Å²) in [5.41, 5.74) is 0. The normalized spacial score (nSPS) is 7.05. The van der Waals surface area contributed by atoms with E-state index in [1.54, 1.807) is 0 Å². The van der Waals surface area contributed by atoms with Gasteiger partial charge in [-0.1, -0.05) is 19.7 Å². The molecule has 0 aromatic heterocycles. The van der Waals surface area contributed by atoms with E-state index in [4.69, 9.17) is 15.3 Å². The number of carboxylic acids is 2. The summed E-state index contributed by atoms with van der Waals surface area (Å²) in [5, 5.41) is 23.4. The number of esters is 1. The van der Waals surface area contributed by atoms with E-state index < -0.39 is 17.9 Å². The van der Waals surface area contributed by atoms with E-state index in [-0.39, 0.29) is 23.1 Å². The van der Waals surface area contributed by atoms with Crippen LogP contribution in [0.1, 0.15) is 6.42 Å². The van der Waals surface area contributed by atoms with E-state index in [2.05, 4.69) is 24.5 Å². The monoisotopic (exact) mass is 308 g/mol. The van der Waals surface area contributed by atoms with E-state index in [1.165, 1.54) is 0 Å². The van der Waals surface area contributed by atoms with Crippen LogP contribution in [0.5, 0.6) is 0 Å². The highest BCUT2D eigenvalue weighted by molar-refractivity contribution is 6.92. The van der Waals surface area contributed by atoms with Gasteiger partial charge in [0.1, 0.15) is 0 Å². The number of hydrogen-bond donors (Lipinski definition) is 3. The standard InChI is InChI=1S/C6H10O3.2C3H4O2.H3P/c1-2-6(8)9-5-3-4-7;2*1-2-3(4)5;/h2,7H,1,3-5H2;2*2H,1H2,(H,4,5);1H3. The highest BCUT2D eigenvalue weighted by Crippen LogP contribution is 1.82. The molecule has 0 spiro atoms. The number of hydrogen-bond acceptors (Lipinski definition) is 5. The Bertz CT molecular complexity index is 295. The zero-order chi connectivity index (χ0) is 15.7. The lowest BCUT2D eigenvalue weighted by Crippen LogP contribution is -2.02. The minimum absolute atomic E-state index is 0. The lowest BCUT2D eigenvalue weighted by atomic mass is 10.5. The molecule has 8 heteroatoms. The zero-order valence-corrected chi connectivity index (χ0v) is 12.6. The Morgan fingerprint density at radius 1 is 0.950 bits per heavy atom. The first kappa shape index (κ1) is 26.6. The number of carbonyl (C=O) groups excluding carboxylic acids is 1. The summed E-state index contributed by atoms with van der Waals surface area (Å²) in [5.74, 6) is -2.40. The molecule has 0 bridgehead atoms. The van der Waals surface area contributed by atoms with Gasteiger partial charge in [-0.15, -0.1) is 0 Å². The van der Waals surface area contributed by atoms with Gasteiger partial charge in [0.25, 0.3) is 0 Å². The van der Waals surface area contributed by atoms with E-state index in [9.17, 15) is 14.4 Å². The van der Waals surface area contributed by atoms with Crippen molar-refractivity contribution in [1.29, 1.82) is 0 Å². The van der Waals surface area contributed by atoms with Crippen molar-refractivity contribution in [3.05, 3.63) is 38.0 Å². The molecule has 0 saturated carbocycles. The number of aliphatic hydroxyl groups is 1. The van der Waals surface area contributed by atoms with Crippen LogP contribution in [0.25, 0.3) is 0 Å². The van der Waals surface area contributed by atoms with Crippen molar-refractivity contribution in [2.24, 2.45) is 0 Å². The number of aliphatic carboxylic acids is 2. The second kappa shape index (κ2) is 22.2. The summed E-state index contributed by atoms with van der Waals surface area (Å²) in [6, 6.07) is 0. The third-order valence-electron chi connectivity index (χ3n) is 1.06. The minimum Gasteiger partial charge on any atom is -0.478 e. The van der Waals surface area contributed by atoms with Crippen LogP contribution in [-0.2, 0) is 19.1 Å². The topological polar surface area (TPSA) is 121 Å². The Hall–Kier alpha value is -1.98. The number of ether oxygens (including phenoxy) is 1. The maximum Gasteiger partial charge on any atom is 0.330 e. The SMILES string of the molecule is C=CC(=O)O.C=CC(=O)O.C=CC(=O)OCCCO.P. The first-order valence-electron chi connectivity index (χ1n) is 4.96. The molecule has 1 atom stereocenters. The first-order chi connectivity index (χ1) is 8.85. The molecule has 3 N–H and O–H groups in total. The van der Waals surface area contributed by atoms with E-state index in [0.29, 0.717) is 6.42 Å². The van der Waals surface area contributed by atoms with Crippen molar-refractivity contribution in [3.8, 4) is 0 Å². The smallest absolute Gasteiger partial charge is 0.330 e. The molecule has 7 nitrogen and oxygen atoms in total. The van der Waals surface area contributed by atoms with Gasteiger partial charge >= 0.3 is 17.9 Å². The van der Waals surface area contributed by atoms with Crippen LogP contribution in [0.3, 0.4) is 0 Å². The summed E-state index contributed by atoms with van der Waals surface area (Å²) in [7, 11) is 0. The quantitative estimate of drug-likeness (QED) is 0.285. The van der Waals surface area contributed by atoms with Gasteiger partial charge in [-0.05, 0) is 0 Å². The Balaban J connectivity index is -0.000000101. The van der Waals surface area contributed by atoms with Crippen LogP contribution in [-0.4, -0.2) is 46.4 Å². The highest BCUT2D eigenvalue weighted by Gasteiger charge is 1.91. The van der Waals surface area contributed by atoms with Crippen LogP contribution in [0.15, 0.2) is 38.0 Å². The van der Waals surface area contributed by atoms with Crippen molar-refractivity contribution in [2.75, 3.05) is 13.2 Å². The molecule has 0 heterocycles. The second-order valence-corrected chi connectivity index (χ2v) is 2.53. The summed E-state index contributed by atoms with van der Waals surface area (Å²) >= 11 is 0. The summed E-state index contributed by atoms with van der Waals surface area (Å²) < 4.78 is 4.51. The molecule has 0 rings (SSSR count). The van der Waals surface area contributed by atoms with Crippen molar-refractivity contribution in [2.45, 2.75) is 6.42 Å². The van der Waals surface area contributed by atoms with Gasteiger partial charge in [0.15, 0.2) is 0 Å². The van der Waals surface area contributed by atoms with Gasteiger partial charge in [-0.2, -0.15) is 9.90 Å². The van der Waals surface area contributed by atoms with Gasteiger partial charge in [0, 0.05) is 31.3 Å². The van der Waals surface area contributed by atoms with E-state index >= 15 is 0 Å². The molecule has 0 aliphatic carbocycles. The molecule has 0 fully saturated rings. The van der Waals surface area contributed by atoms with Gasteiger partial charge < -0.3 is 20.1 Å². The predicted molar refractivity (Wildman–Crippen MR) is 79.6 cm³/mol. The lowest BCUT2D eigenvalue weighted by Gasteiger charge is -1.96. The van der Waals surface area contributed by atoms with Crippen LogP contribution < -0.4 is 0 Å². The third-order valence-corrected chi connectivity index (χ3v) is 1.06. The van der Waals surface area contributed by atoms with Crippen LogP contribution >= 0.6 is 9.90 Å². The van der Waals surface area contributed by atoms with Crippen LogP contribution in [0.4, 0.5) is 0 Å². The lowest BCUT2D eigenvalue weighted by molar-refractivity contribution is -0.138. The maximum absolute atomic E-state index is 10.3. The second-order valence-electron chi connectivity index (χ2n) is 2.53. The average Bonchev–Trinajstić information content (AvgIpc) is 2.40. The number of rotatable bonds is 6. The summed E-state index contributed by atoms with van der Waals surface area (Å²) in [6.07, 6.45) is 3.25. The molecular weight excluding hydrogens is 287 g/mol. The van der Waals surface area contributed by atoms with Gasteiger partial charge in [-0.25, -0.2) is 14.4 Å². The molecule has 0 saturated heterocycles. The largest absolute Gasteiger partial charge is 0.478 e. The van der Waals surface area contributed by atoms with Crippen molar-refractivity contribution in [1.82, 2.24) is 0 Å². The number of carbonyl (C=O) groups is 3. The molecular formula is C12H21O7P. The molecule has 116 valence electrons. The predicted octanol–water partition coefficient (Wildman–Crippen LogP) is 0.670. The Labute approximate surface area is 120 Å². The molecule has 0 aliphatic heterocycles. The molecule has 20 heavy (non-hydrogen) atoms. The van der Waals surface area contributed by atoms with Crippen molar-refractivity contribution >= 4 is 27.8 Å². The van der Waals surface area contributed by atoms with Gasteiger partial charge in [0.2, 0.25) is 0 Å². The van der Waals surface area contributed by atoms with Crippen molar-refractivity contribution < 1.29 is 34.4 Å². The van der Waals surface area contributed by atoms with Gasteiger partial charge in [0.05, 0.1) is 6.61 Å². The fraction of sp³-hybridized carbons (Fsp3) is 0.250. The van der Waals surface area contributed by atoms with Crippen molar-refractivity contribution in [3.63, 3.8) is 0 Å². The van der Waals surface area contributed by atoms with Crippen LogP contribution in [0.2, 0.25) is 0 Å². The molecule has 0 aromatic rings. The minimum atomic E-state index is -0.981. The van der Waals surface area contributed by atoms with Gasteiger partial charge in [-0.3, -0.25) is 0 Å². The number of aliphatic hydroxyl groups excluding tert-OH is 1. The molecule has 0 aromatic carbocycles. The fourth-order valence-electron chi connectivity index (χ4n) is 0.296. The zero-order valence-electron chi connectivity index (χ0n) is 11.2. The summed E-state index contributed by atoms with van der Waals surface area (Å²) in [4.78, 5) is 28.8. The molecule has 0 aliphatic rings. The Kier molecular flexibility index (Phi) is 29.5. The molecule has 0 radical (unpaired) electrons. The van der Waals surface area contributed by atoms with E-state index in [1.807, 2.05) is 0 Å². The van der Waals surface area contributed by atoms with E-state index in [0.717, 1.165) is 18.2 Å². The van der Waals surface area contributed by atoms with Crippen LogP contribution in [0, 0.1) is 0 Å². The number of carboxylic acid groups (broad SMARTS) is 2. The highest BCUT2D eigenvalue weighted by atomic mass is 31.0. The fourth-order valence-corrected chi connectivity index (χ4v) is 0.296. The Morgan fingerprint density at radius 2 is 1.30 bits per heavy atom. The maximum atomic E-state index is 10.3. The average molecular weight is 308 g/mol. The Morgan fingerprint density at radius 3 is 1.50 bits per heavy atom. The molecule has 1 unspecified atom stereocenters. The third kappa shape index (κ3) is 44.4. The summed E-state index contributed by atoms with van der Waals surface area (Å²) in [6.45, 7) is 9.43.